The molecule has 5 rings (SSSR count). The highest BCUT2D eigenvalue weighted by atomic mass is 19.4. The lowest BCUT2D eigenvalue weighted by atomic mass is 9.86. The molecule has 3 aromatic rings. The van der Waals surface area contributed by atoms with E-state index in [0.29, 0.717) is 50.9 Å². The van der Waals surface area contributed by atoms with Gasteiger partial charge in [-0.1, -0.05) is 13.8 Å². The molecular formula is C27H32F3N9O2. The van der Waals surface area contributed by atoms with Gasteiger partial charge in [-0.3, -0.25) is 4.79 Å². The molecule has 2 aliphatic rings. The molecule has 5 N–H and O–H groups in total. The van der Waals surface area contributed by atoms with Crippen molar-refractivity contribution in [2.75, 3.05) is 60.2 Å². The predicted octanol–water partition coefficient (Wildman–Crippen LogP) is 3.04. The van der Waals surface area contributed by atoms with Gasteiger partial charge in [-0.15, -0.1) is 0 Å². The topological polar surface area (TPSA) is 148 Å². The third-order valence-electron chi connectivity index (χ3n) is 7.47. The summed E-state index contributed by atoms with van der Waals surface area (Å²) in [6.45, 7) is 7.30. The molecule has 5 heterocycles. The van der Waals surface area contributed by atoms with E-state index in [1.54, 1.807) is 6.07 Å². The highest BCUT2D eigenvalue weighted by molar-refractivity contribution is 6.06. The maximum absolute atomic E-state index is 14.0. The van der Waals surface area contributed by atoms with Crippen LogP contribution in [0.4, 0.5) is 36.3 Å². The van der Waals surface area contributed by atoms with E-state index < -0.39 is 23.3 Å². The minimum atomic E-state index is -4.72. The van der Waals surface area contributed by atoms with Crippen molar-refractivity contribution in [3.05, 3.63) is 47.9 Å². The molecule has 2 fully saturated rings. The molecule has 1 amide bonds. The van der Waals surface area contributed by atoms with E-state index in [9.17, 15) is 18.0 Å². The van der Waals surface area contributed by atoms with Crippen molar-refractivity contribution in [1.82, 2.24) is 19.9 Å². The summed E-state index contributed by atoms with van der Waals surface area (Å²) >= 11 is 0. The number of nitrogen functional groups attached to an aromatic ring is 1. The molecule has 14 heteroatoms. The zero-order valence-corrected chi connectivity index (χ0v) is 22.7. The monoisotopic (exact) mass is 571 g/mol. The summed E-state index contributed by atoms with van der Waals surface area (Å²) in [5.74, 6) is 0.0250. The number of hydrogen-bond donors (Lipinski definition) is 3. The maximum atomic E-state index is 14.0. The van der Waals surface area contributed by atoms with E-state index in [-0.39, 0.29) is 40.9 Å². The maximum Gasteiger partial charge on any atom is 0.418 e. The van der Waals surface area contributed by atoms with Crippen molar-refractivity contribution in [2.45, 2.75) is 26.1 Å². The first-order chi connectivity index (χ1) is 19.5. The summed E-state index contributed by atoms with van der Waals surface area (Å²) in [7, 11) is 0. The first-order valence-electron chi connectivity index (χ1n) is 13.3. The van der Waals surface area contributed by atoms with Crippen LogP contribution in [0.2, 0.25) is 0 Å². The summed E-state index contributed by atoms with van der Waals surface area (Å²) in [6, 6.07) is 5.91. The van der Waals surface area contributed by atoms with Crippen LogP contribution in [0.5, 0.6) is 0 Å². The van der Waals surface area contributed by atoms with Crippen LogP contribution in [0, 0.1) is 11.8 Å². The molecule has 0 aliphatic carbocycles. The van der Waals surface area contributed by atoms with Gasteiger partial charge in [-0.05, 0) is 36.1 Å². The summed E-state index contributed by atoms with van der Waals surface area (Å²) in [5, 5.41) is 2.72. The van der Waals surface area contributed by atoms with Gasteiger partial charge in [0.1, 0.15) is 17.2 Å². The Balaban J connectivity index is 1.47. The van der Waals surface area contributed by atoms with Crippen molar-refractivity contribution < 1.29 is 22.7 Å². The summed E-state index contributed by atoms with van der Waals surface area (Å²) in [5.41, 5.74) is 10.9. The van der Waals surface area contributed by atoms with Gasteiger partial charge in [0.25, 0.3) is 5.91 Å². The van der Waals surface area contributed by atoms with Crippen LogP contribution >= 0.6 is 0 Å². The Kier molecular flexibility index (Phi) is 7.95. The van der Waals surface area contributed by atoms with Gasteiger partial charge in [-0.2, -0.15) is 13.2 Å². The molecule has 2 aliphatic heterocycles. The number of halogens is 3. The number of amides is 1. The first kappa shape index (κ1) is 28.5. The van der Waals surface area contributed by atoms with Gasteiger partial charge in [0.05, 0.1) is 30.7 Å². The van der Waals surface area contributed by atoms with Crippen LogP contribution in [-0.4, -0.2) is 71.3 Å². The Morgan fingerprint density at radius 1 is 1.05 bits per heavy atom. The van der Waals surface area contributed by atoms with Gasteiger partial charge < -0.3 is 31.3 Å². The third kappa shape index (κ3) is 6.03. The Labute approximate surface area is 235 Å². The minimum Gasteiger partial charge on any atom is -0.382 e. The van der Waals surface area contributed by atoms with Crippen LogP contribution in [0.25, 0.3) is 11.4 Å². The largest absolute Gasteiger partial charge is 0.418 e. The number of carbonyl (C=O) groups is 1. The summed E-state index contributed by atoms with van der Waals surface area (Å²) in [4.78, 5) is 34.1. The lowest BCUT2D eigenvalue weighted by Crippen LogP contribution is -2.51. The Hall–Kier alpha value is -4.04. The standard InChI is InChI=1S/C27H32F3N9O2/c1-15-13-39(14-16(2)21(15)31)19-4-3-7-33-25(19)37-26(40)23-24(32)34-12-18(35-23)22-17(27(28,29)30)5-6-20(36-22)38-8-10-41-11-9-38/h3-7,12,15-16,21H,8-11,13-14,31H2,1-2H3,(H2,32,34)(H,33,37,40)/t15-,16+,21?. The number of ether oxygens (including phenoxy) is 1. The van der Waals surface area contributed by atoms with E-state index in [1.165, 1.54) is 12.3 Å². The van der Waals surface area contributed by atoms with Crippen molar-refractivity contribution in [3.8, 4) is 11.4 Å². The molecule has 11 nitrogen and oxygen atoms in total. The van der Waals surface area contributed by atoms with Crippen LogP contribution in [0.15, 0.2) is 36.7 Å². The number of piperidine rings is 1. The molecule has 0 bridgehead atoms. The van der Waals surface area contributed by atoms with Crippen molar-refractivity contribution in [3.63, 3.8) is 0 Å². The van der Waals surface area contributed by atoms with Crippen molar-refractivity contribution in [1.29, 1.82) is 0 Å². The van der Waals surface area contributed by atoms with Gasteiger partial charge in [0, 0.05) is 38.4 Å². The highest BCUT2D eigenvalue weighted by Crippen LogP contribution is 2.37. The third-order valence-corrected chi connectivity index (χ3v) is 7.47. The molecule has 1 unspecified atom stereocenters. The number of nitrogens with one attached hydrogen (secondary N) is 1. The second-order valence-electron chi connectivity index (χ2n) is 10.4. The molecule has 218 valence electrons. The number of aromatic nitrogens is 4. The SMILES string of the molecule is C[C@@H]1CN(c2cccnc2NC(=O)c2nc(-c3nc(N4CCOCC4)ccc3C(F)(F)F)cnc2N)C[C@H](C)C1N. The van der Waals surface area contributed by atoms with Crippen LogP contribution in [-0.2, 0) is 10.9 Å². The average molecular weight is 572 g/mol. The van der Waals surface area contributed by atoms with Crippen LogP contribution in [0.1, 0.15) is 29.9 Å². The second-order valence-corrected chi connectivity index (χ2v) is 10.4. The van der Waals surface area contributed by atoms with E-state index >= 15 is 0 Å². The number of nitrogens with zero attached hydrogens (tertiary/aromatic N) is 6. The van der Waals surface area contributed by atoms with Crippen molar-refractivity contribution in [2.24, 2.45) is 17.6 Å². The zero-order chi connectivity index (χ0) is 29.3. The number of pyridine rings is 2. The van der Waals surface area contributed by atoms with Gasteiger partial charge in [-0.25, -0.2) is 19.9 Å². The number of hydrogen-bond acceptors (Lipinski definition) is 10. The number of alkyl halides is 3. The summed E-state index contributed by atoms with van der Waals surface area (Å²) < 4.78 is 47.3. The molecule has 3 aromatic heterocycles. The Morgan fingerprint density at radius 3 is 2.44 bits per heavy atom. The van der Waals surface area contributed by atoms with Gasteiger partial charge in [0.15, 0.2) is 17.3 Å². The lowest BCUT2D eigenvalue weighted by molar-refractivity contribution is -0.137. The quantitative estimate of drug-likeness (QED) is 0.417. The van der Waals surface area contributed by atoms with E-state index in [0.717, 1.165) is 12.3 Å². The molecule has 0 spiro atoms. The average Bonchev–Trinajstić information content (AvgIpc) is 2.96. The molecule has 41 heavy (non-hydrogen) atoms. The van der Waals surface area contributed by atoms with Crippen LogP contribution < -0.4 is 26.6 Å². The van der Waals surface area contributed by atoms with E-state index in [1.807, 2.05) is 11.0 Å². The predicted molar refractivity (Wildman–Crippen MR) is 148 cm³/mol. The minimum absolute atomic E-state index is 0.0516. The Morgan fingerprint density at radius 2 is 1.76 bits per heavy atom. The summed E-state index contributed by atoms with van der Waals surface area (Å²) in [6.07, 6.45) is -2.10. The highest BCUT2D eigenvalue weighted by Gasteiger charge is 2.36. The smallest absolute Gasteiger partial charge is 0.382 e. The number of morpholine rings is 1. The molecule has 2 saturated heterocycles. The first-order valence-corrected chi connectivity index (χ1v) is 13.3. The van der Waals surface area contributed by atoms with E-state index in [4.69, 9.17) is 16.2 Å². The number of carbonyl (C=O) groups excluding carboxylic acids is 1. The van der Waals surface area contributed by atoms with E-state index in [2.05, 4.69) is 44.0 Å². The van der Waals surface area contributed by atoms with Gasteiger partial charge >= 0.3 is 6.18 Å². The fourth-order valence-electron chi connectivity index (χ4n) is 5.21. The van der Waals surface area contributed by atoms with Crippen molar-refractivity contribution >= 4 is 29.0 Å². The molecule has 0 saturated carbocycles. The molecule has 3 atom stereocenters. The number of nitrogens with two attached hydrogens (primary N) is 2. The normalized spacial score (nSPS) is 21.6. The fraction of sp³-hybridized carbons (Fsp3) is 0.444. The Bertz CT molecular complexity index is 1400. The lowest BCUT2D eigenvalue weighted by Gasteiger charge is -2.41. The molecular weight excluding hydrogens is 539 g/mol. The molecule has 0 radical (unpaired) electrons. The fourth-order valence-corrected chi connectivity index (χ4v) is 5.21. The number of anilines is 4. The zero-order valence-electron chi connectivity index (χ0n) is 22.7. The molecule has 0 aromatic carbocycles. The second kappa shape index (κ2) is 11.4. The van der Waals surface area contributed by atoms with Crippen LogP contribution in [0.3, 0.4) is 0 Å². The van der Waals surface area contributed by atoms with Gasteiger partial charge in [0.2, 0.25) is 0 Å². The number of rotatable bonds is 5.